The van der Waals surface area contributed by atoms with Gasteiger partial charge in [-0.1, -0.05) is 12.1 Å². The molecule has 29 heavy (non-hydrogen) atoms. The number of carbonyl (C=O) groups excluding carboxylic acids is 2. The number of piperazine rings is 1. The molecule has 0 bridgehead atoms. The summed E-state index contributed by atoms with van der Waals surface area (Å²) in [7, 11) is 3.10. The van der Waals surface area contributed by atoms with Crippen LogP contribution >= 0.6 is 0 Å². The van der Waals surface area contributed by atoms with Gasteiger partial charge in [-0.05, 0) is 36.8 Å². The zero-order valence-corrected chi connectivity index (χ0v) is 17.0. The molecule has 2 aromatic carbocycles. The predicted octanol–water partition coefficient (Wildman–Crippen LogP) is 2.38. The highest BCUT2D eigenvalue weighted by Crippen LogP contribution is 2.24. The van der Waals surface area contributed by atoms with Crippen molar-refractivity contribution in [2.24, 2.45) is 0 Å². The lowest BCUT2D eigenvalue weighted by atomic mass is 10.1. The molecule has 0 unspecified atom stereocenters. The van der Waals surface area contributed by atoms with Crippen molar-refractivity contribution in [3.8, 4) is 17.2 Å². The van der Waals surface area contributed by atoms with Gasteiger partial charge in [0.15, 0.2) is 6.61 Å². The van der Waals surface area contributed by atoms with Crippen LogP contribution in [0.1, 0.15) is 15.9 Å². The average molecular weight is 398 g/mol. The SMILES string of the molecule is COc1cc(OC)cc(C(=O)N2CCN(C(=O)COc3cccc(C)c3)CC2)c1. The fourth-order valence-corrected chi connectivity index (χ4v) is 3.21. The minimum absolute atomic E-state index is 0.00944. The van der Waals surface area contributed by atoms with Gasteiger partial charge in [-0.15, -0.1) is 0 Å². The van der Waals surface area contributed by atoms with E-state index in [2.05, 4.69) is 0 Å². The molecule has 154 valence electrons. The Bertz CT molecular complexity index is 853. The summed E-state index contributed by atoms with van der Waals surface area (Å²) in [6, 6.07) is 12.7. The van der Waals surface area contributed by atoms with Gasteiger partial charge in [0.25, 0.3) is 11.8 Å². The molecule has 0 spiro atoms. The third-order valence-electron chi connectivity index (χ3n) is 4.87. The molecule has 0 aromatic heterocycles. The lowest BCUT2D eigenvalue weighted by molar-refractivity contribution is -0.134. The van der Waals surface area contributed by atoms with Gasteiger partial charge < -0.3 is 24.0 Å². The second kappa shape index (κ2) is 9.32. The van der Waals surface area contributed by atoms with Crippen LogP contribution in [-0.2, 0) is 4.79 Å². The van der Waals surface area contributed by atoms with Crippen LogP contribution in [-0.4, -0.2) is 68.6 Å². The molecule has 1 aliphatic rings. The van der Waals surface area contributed by atoms with E-state index >= 15 is 0 Å². The molecule has 7 heteroatoms. The lowest BCUT2D eigenvalue weighted by Gasteiger charge is -2.34. The van der Waals surface area contributed by atoms with Crippen molar-refractivity contribution in [3.63, 3.8) is 0 Å². The quantitative estimate of drug-likeness (QED) is 0.747. The van der Waals surface area contributed by atoms with E-state index in [0.29, 0.717) is 49.0 Å². The summed E-state index contributed by atoms with van der Waals surface area (Å²) in [5.41, 5.74) is 1.58. The first-order chi connectivity index (χ1) is 14.0. The molecular formula is C22H26N2O5. The Morgan fingerprint density at radius 3 is 2.07 bits per heavy atom. The standard InChI is InChI=1S/C22H26N2O5/c1-16-5-4-6-18(11-16)29-15-21(25)23-7-9-24(10-8-23)22(26)17-12-19(27-2)14-20(13-17)28-3/h4-6,11-14H,7-10,15H2,1-3H3. The summed E-state index contributed by atoms with van der Waals surface area (Å²) in [4.78, 5) is 28.7. The number of aryl methyl sites for hydroxylation is 1. The van der Waals surface area contributed by atoms with E-state index in [1.807, 2.05) is 31.2 Å². The Morgan fingerprint density at radius 1 is 0.862 bits per heavy atom. The molecule has 3 rings (SSSR count). The maximum Gasteiger partial charge on any atom is 0.260 e. The van der Waals surface area contributed by atoms with Crippen LogP contribution in [0.15, 0.2) is 42.5 Å². The summed E-state index contributed by atoms with van der Waals surface area (Å²) in [6.45, 7) is 3.85. The smallest absolute Gasteiger partial charge is 0.260 e. The van der Waals surface area contributed by atoms with Gasteiger partial charge in [-0.25, -0.2) is 0 Å². The maximum absolute atomic E-state index is 12.8. The highest BCUT2D eigenvalue weighted by molar-refractivity contribution is 5.95. The van der Waals surface area contributed by atoms with Crippen LogP contribution in [0.5, 0.6) is 17.2 Å². The lowest BCUT2D eigenvalue weighted by Crippen LogP contribution is -2.51. The molecule has 0 saturated carbocycles. The van der Waals surface area contributed by atoms with E-state index in [4.69, 9.17) is 14.2 Å². The van der Waals surface area contributed by atoms with Crippen molar-refractivity contribution in [3.05, 3.63) is 53.6 Å². The van der Waals surface area contributed by atoms with E-state index in [9.17, 15) is 9.59 Å². The molecule has 1 heterocycles. The van der Waals surface area contributed by atoms with Gasteiger partial charge in [-0.2, -0.15) is 0 Å². The third kappa shape index (κ3) is 5.19. The molecule has 0 atom stereocenters. The number of rotatable bonds is 6. The normalized spacial score (nSPS) is 13.8. The van der Waals surface area contributed by atoms with E-state index in [1.54, 1.807) is 42.2 Å². The van der Waals surface area contributed by atoms with Crippen LogP contribution < -0.4 is 14.2 Å². The Morgan fingerprint density at radius 2 is 1.48 bits per heavy atom. The molecule has 2 amide bonds. The monoisotopic (exact) mass is 398 g/mol. The molecule has 1 fully saturated rings. The summed E-state index contributed by atoms with van der Waals surface area (Å²) in [5, 5.41) is 0. The molecule has 7 nitrogen and oxygen atoms in total. The Balaban J connectivity index is 1.54. The number of benzene rings is 2. The van der Waals surface area contributed by atoms with E-state index in [0.717, 1.165) is 5.56 Å². The predicted molar refractivity (Wildman–Crippen MR) is 109 cm³/mol. The highest BCUT2D eigenvalue weighted by Gasteiger charge is 2.25. The van der Waals surface area contributed by atoms with Crippen molar-refractivity contribution in [1.29, 1.82) is 0 Å². The van der Waals surface area contributed by atoms with Crippen molar-refractivity contribution in [2.75, 3.05) is 47.0 Å². The van der Waals surface area contributed by atoms with Crippen molar-refractivity contribution in [2.45, 2.75) is 6.92 Å². The summed E-state index contributed by atoms with van der Waals surface area (Å²) < 4.78 is 16.1. The Kier molecular flexibility index (Phi) is 6.59. The Hall–Kier alpha value is -3.22. The first-order valence-electron chi connectivity index (χ1n) is 9.49. The zero-order chi connectivity index (χ0) is 20.8. The van der Waals surface area contributed by atoms with E-state index in [-0.39, 0.29) is 18.4 Å². The fourth-order valence-electron chi connectivity index (χ4n) is 3.21. The molecular weight excluding hydrogens is 372 g/mol. The fraction of sp³-hybridized carbons (Fsp3) is 0.364. The van der Waals surface area contributed by atoms with Crippen molar-refractivity contribution in [1.82, 2.24) is 9.80 Å². The summed E-state index contributed by atoms with van der Waals surface area (Å²) in [6.07, 6.45) is 0. The second-order valence-corrected chi connectivity index (χ2v) is 6.88. The average Bonchev–Trinajstić information content (AvgIpc) is 2.76. The molecule has 1 saturated heterocycles. The summed E-state index contributed by atoms with van der Waals surface area (Å²) in [5.74, 6) is 1.62. The number of nitrogens with zero attached hydrogens (tertiary/aromatic N) is 2. The first-order valence-corrected chi connectivity index (χ1v) is 9.49. The second-order valence-electron chi connectivity index (χ2n) is 6.88. The first kappa shape index (κ1) is 20.5. The van der Waals surface area contributed by atoms with E-state index in [1.165, 1.54) is 0 Å². The van der Waals surface area contributed by atoms with Gasteiger partial charge in [0, 0.05) is 37.8 Å². The molecule has 0 N–H and O–H groups in total. The van der Waals surface area contributed by atoms with Crippen molar-refractivity contribution >= 4 is 11.8 Å². The number of methoxy groups -OCH3 is 2. The number of amides is 2. The minimum Gasteiger partial charge on any atom is -0.497 e. The van der Waals surface area contributed by atoms with Crippen LogP contribution in [0.2, 0.25) is 0 Å². The molecule has 0 aliphatic carbocycles. The van der Waals surface area contributed by atoms with Gasteiger partial charge in [0.05, 0.1) is 14.2 Å². The van der Waals surface area contributed by atoms with Crippen LogP contribution in [0, 0.1) is 6.92 Å². The summed E-state index contributed by atoms with van der Waals surface area (Å²) >= 11 is 0. The van der Waals surface area contributed by atoms with Crippen LogP contribution in [0.3, 0.4) is 0 Å². The topological polar surface area (TPSA) is 68.3 Å². The van der Waals surface area contributed by atoms with Crippen molar-refractivity contribution < 1.29 is 23.8 Å². The van der Waals surface area contributed by atoms with Gasteiger partial charge in [0.2, 0.25) is 0 Å². The number of hydrogen-bond acceptors (Lipinski definition) is 5. The third-order valence-corrected chi connectivity index (χ3v) is 4.87. The number of carbonyl (C=O) groups is 2. The largest absolute Gasteiger partial charge is 0.497 e. The molecule has 0 radical (unpaired) electrons. The number of ether oxygens (including phenoxy) is 3. The van der Waals surface area contributed by atoms with Gasteiger partial charge >= 0.3 is 0 Å². The molecule has 2 aromatic rings. The Labute approximate surface area is 170 Å². The van der Waals surface area contributed by atoms with Gasteiger partial charge in [0.1, 0.15) is 17.2 Å². The minimum atomic E-state index is -0.106. The van der Waals surface area contributed by atoms with E-state index < -0.39 is 0 Å². The number of hydrogen-bond donors (Lipinski definition) is 0. The van der Waals surface area contributed by atoms with Crippen LogP contribution in [0.4, 0.5) is 0 Å². The maximum atomic E-state index is 12.8. The zero-order valence-electron chi connectivity index (χ0n) is 17.0. The molecule has 1 aliphatic heterocycles. The highest BCUT2D eigenvalue weighted by atomic mass is 16.5. The van der Waals surface area contributed by atoms with Crippen LogP contribution in [0.25, 0.3) is 0 Å². The van der Waals surface area contributed by atoms with Gasteiger partial charge in [-0.3, -0.25) is 9.59 Å².